The van der Waals surface area contributed by atoms with Crippen LogP contribution in [0.2, 0.25) is 0 Å². The zero-order chi connectivity index (χ0) is 13.5. The van der Waals surface area contributed by atoms with Gasteiger partial charge in [-0.3, -0.25) is 0 Å². The maximum atomic E-state index is 5.99. The highest BCUT2D eigenvalue weighted by Crippen LogP contribution is 2.39. The van der Waals surface area contributed by atoms with Gasteiger partial charge in [-0.2, -0.15) is 0 Å². The van der Waals surface area contributed by atoms with E-state index in [9.17, 15) is 0 Å². The summed E-state index contributed by atoms with van der Waals surface area (Å²) in [6.07, 6.45) is 9.87. The Morgan fingerprint density at radius 3 is 2.39 bits per heavy atom. The molecule has 1 aliphatic carbocycles. The predicted octanol–water partition coefficient (Wildman–Crippen LogP) is 4.85. The minimum absolute atomic E-state index is 0.813. The van der Waals surface area contributed by atoms with Gasteiger partial charge in [-0.25, -0.2) is 0 Å². The van der Waals surface area contributed by atoms with Crippen LogP contribution in [-0.2, 0) is 0 Å². The van der Waals surface area contributed by atoms with Crippen LogP contribution >= 0.6 is 0 Å². The molecule has 1 aliphatic rings. The predicted molar refractivity (Wildman–Crippen MR) is 81.5 cm³/mol. The second-order valence-corrected chi connectivity index (χ2v) is 7.19. The number of hydrogen-bond donors (Lipinski definition) is 1. The molecule has 0 aromatic carbocycles. The fraction of sp³-hybridized carbons (Fsp3) is 1.00. The van der Waals surface area contributed by atoms with Gasteiger partial charge in [0.25, 0.3) is 0 Å². The second-order valence-electron chi connectivity index (χ2n) is 7.19. The summed E-state index contributed by atoms with van der Waals surface area (Å²) in [5.74, 6) is 4.44. The van der Waals surface area contributed by atoms with Crippen molar-refractivity contribution in [2.75, 3.05) is 6.54 Å². The summed E-state index contributed by atoms with van der Waals surface area (Å²) in [6, 6.07) is 0. The van der Waals surface area contributed by atoms with Crippen LogP contribution in [-0.4, -0.2) is 6.54 Å². The Hall–Kier alpha value is -0.0400. The van der Waals surface area contributed by atoms with E-state index in [0.717, 1.165) is 36.1 Å². The van der Waals surface area contributed by atoms with Crippen molar-refractivity contribution >= 4 is 0 Å². The molecule has 4 unspecified atom stereocenters. The summed E-state index contributed by atoms with van der Waals surface area (Å²) in [5, 5.41) is 0. The van der Waals surface area contributed by atoms with Crippen molar-refractivity contribution in [3.63, 3.8) is 0 Å². The molecule has 1 fully saturated rings. The largest absolute Gasteiger partial charge is 0.330 e. The fourth-order valence-electron chi connectivity index (χ4n) is 4.11. The quantitative estimate of drug-likeness (QED) is 0.689. The molecule has 1 nitrogen and oxygen atoms in total. The smallest absolute Gasteiger partial charge is 0.00462 e. The van der Waals surface area contributed by atoms with Crippen LogP contribution in [0.1, 0.15) is 72.6 Å². The minimum Gasteiger partial charge on any atom is -0.330 e. The van der Waals surface area contributed by atoms with Gasteiger partial charge in [0.15, 0.2) is 0 Å². The van der Waals surface area contributed by atoms with E-state index in [1.807, 2.05) is 0 Å². The van der Waals surface area contributed by atoms with E-state index in [4.69, 9.17) is 5.73 Å². The lowest BCUT2D eigenvalue weighted by atomic mass is 9.69. The maximum absolute atomic E-state index is 5.99. The zero-order valence-corrected chi connectivity index (χ0v) is 13.1. The first kappa shape index (κ1) is 16.0. The Morgan fingerprint density at radius 1 is 1.11 bits per heavy atom. The van der Waals surface area contributed by atoms with Crippen LogP contribution in [0.3, 0.4) is 0 Å². The van der Waals surface area contributed by atoms with Crippen LogP contribution in [0.5, 0.6) is 0 Å². The van der Waals surface area contributed by atoms with Gasteiger partial charge in [0, 0.05) is 0 Å². The molecular formula is C17H35N. The first-order valence-electron chi connectivity index (χ1n) is 8.26. The van der Waals surface area contributed by atoms with Gasteiger partial charge in [-0.15, -0.1) is 0 Å². The lowest BCUT2D eigenvalue weighted by Crippen LogP contribution is -2.31. The Kier molecular flexibility index (Phi) is 7.29. The lowest BCUT2D eigenvalue weighted by Gasteiger charge is -2.37. The van der Waals surface area contributed by atoms with Crippen LogP contribution < -0.4 is 5.73 Å². The molecule has 0 heterocycles. The molecule has 0 aliphatic heterocycles. The number of nitrogens with two attached hydrogens (primary N) is 1. The zero-order valence-electron chi connectivity index (χ0n) is 13.1. The van der Waals surface area contributed by atoms with E-state index in [1.165, 1.54) is 44.9 Å². The van der Waals surface area contributed by atoms with Crippen LogP contribution in [0, 0.1) is 29.6 Å². The van der Waals surface area contributed by atoms with Gasteiger partial charge in [0.1, 0.15) is 0 Å². The van der Waals surface area contributed by atoms with Crippen LogP contribution in [0.15, 0.2) is 0 Å². The first-order chi connectivity index (χ1) is 8.56. The molecule has 1 rings (SSSR count). The number of hydrogen-bond acceptors (Lipinski definition) is 1. The fourth-order valence-corrected chi connectivity index (χ4v) is 4.11. The van der Waals surface area contributed by atoms with Gasteiger partial charge in [0.05, 0.1) is 0 Å². The molecule has 1 saturated carbocycles. The SMILES string of the molecule is CCCC1CCC(CN)C(CC(C)CC(C)C)C1. The minimum atomic E-state index is 0.813. The van der Waals surface area contributed by atoms with Crippen LogP contribution in [0.25, 0.3) is 0 Å². The summed E-state index contributed by atoms with van der Waals surface area (Å²) in [4.78, 5) is 0. The van der Waals surface area contributed by atoms with Crippen molar-refractivity contribution < 1.29 is 0 Å². The molecule has 0 amide bonds. The molecule has 0 aromatic heterocycles. The Labute approximate surface area is 115 Å². The monoisotopic (exact) mass is 253 g/mol. The Balaban J connectivity index is 2.46. The molecule has 0 bridgehead atoms. The average molecular weight is 253 g/mol. The molecule has 0 saturated heterocycles. The third kappa shape index (κ3) is 5.30. The van der Waals surface area contributed by atoms with Gasteiger partial charge in [-0.1, -0.05) is 47.0 Å². The summed E-state index contributed by atoms with van der Waals surface area (Å²) < 4.78 is 0. The summed E-state index contributed by atoms with van der Waals surface area (Å²) in [6.45, 7) is 10.4. The van der Waals surface area contributed by atoms with E-state index in [-0.39, 0.29) is 0 Å². The lowest BCUT2D eigenvalue weighted by molar-refractivity contribution is 0.146. The third-order valence-electron chi connectivity index (χ3n) is 4.83. The number of rotatable bonds is 7. The Morgan fingerprint density at radius 2 is 1.83 bits per heavy atom. The summed E-state index contributed by atoms with van der Waals surface area (Å²) in [5.41, 5.74) is 5.99. The summed E-state index contributed by atoms with van der Waals surface area (Å²) in [7, 11) is 0. The van der Waals surface area contributed by atoms with Gasteiger partial charge in [-0.05, 0) is 61.8 Å². The third-order valence-corrected chi connectivity index (χ3v) is 4.83. The van der Waals surface area contributed by atoms with Gasteiger partial charge >= 0.3 is 0 Å². The van der Waals surface area contributed by atoms with Crippen molar-refractivity contribution in [1.29, 1.82) is 0 Å². The maximum Gasteiger partial charge on any atom is -0.00462 e. The highest BCUT2D eigenvalue weighted by Gasteiger charge is 2.30. The Bertz CT molecular complexity index is 212. The van der Waals surface area contributed by atoms with E-state index in [0.29, 0.717) is 0 Å². The molecule has 0 spiro atoms. The van der Waals surface area contributed by atoms with E-state index in [2.05, 4.69) is 27.7 Å². The summed E-state index contributed by atoms with van der Waals surface area (Å²) >= 11 is 0. The highest BCUT2D eigenvalue weighted by atomic mass is 14.6. The standard InChI is InChI=1S/C17H35N/c1-5-6-15-7-8-16(12-18)17(11-15)10-14(4)9-13(2)3/h13-17H,5-12,18H2,1-4H3. The van der Waals surface area contributed by atoms with Crippen molar-refractivity contribution in [3.8, 4) is 0 Å². The van der Waals surface area contributed by atoms with E-state index < -0.39 is 0 Å². The molecule has 4 atom stereocenters. The van der Waals surface area contributed by atoms with Crippen molar-refractivity contribution in [2.24, 2.45) is 35.3 Å². The van der Waals surface area contributed by atoms with Crippen molar-refractivity contribution in [1.82, 2.24) is 0 Å². The molecule has 0 radical (unpaired) electrons. The molecule has 108 valence electrons. The van der Waals surface area contributed by atoms with Crippen molar-refractivity contribution in [3.05, 3.63) is 0 Å². The van der Waals surface area contributed by atoms with E-state index in [1.54, 1.807) is 0 Å². The molecule has 2 N–H and O–H groups in total. The molecule has 18 heavy (non-hydrogen) atoms. The first-order valence-corrected chi connectivity index (χ1v) is 8.26. The van der Waals surface area contributed by atoms with Crippen LogP contribution in [0.4, 0.5) is 0 Å². The normalized spacial score (nSPS) is 30.7. The highest BCUT2D eigenvalue weighted by molar-refractivity contribution is 4.82. The van der Waals surface area contributed by atoms with E-state index >= 15 is 0 Å². The molecular weight excluding hydrogens is 218 g/mol. The second kappa shape index (κ2) is 8.19. The van der Waals surface area contributed by atoms with Crippen molar-refractivity contribution in [2.45, 2.75) is 72.6 Å². The van der Waals surface area contributed by atoms with Gasteiger partial charge < -0.3 is 5.73 Å². The average Bonchev–Trinajstić information content (AvgIpc) is 2.28. The molecule has 0 aromatic rings. The van der Waals surface area contributed by atoms with Gasteiger partial charge in [0.2, 0.25) is 0 Å². The topological polar surface area (TPSA) is 26.0 Å². The molecule has 1 heteroatoms.